The van der Waals surface area contributed by atoms with E-state index < -0.39 is 36.4 Å². The van der Waals surface area contributed by atoms with E-state index in [9.17, 15) is 18.4 Å². The van der Waals surface area contributed by atoms with Crippen molar-refractivity contribution in [2.45, 2.75) is 52.6 Å². The number of hydrogen-bond acceptors (Lipinski definition) is 2. The minimum absolute atomic E-state index is 0.334. The summed E-state index contributed by atoms with van der Waals surface area (Å²) in [6.07, 6.45) is -2.30. The van der Waals surface area contributed by atoms with Gasteiger partial charge in [-0.05, 0) is 11.8 Å². The lowest BCUT2D eigenvalue weighted by atomic mass is 9.83. The predicted molar refractivity (Wildman–Crippen MR) is 63.2 cm³/mol. The predicted octanol–water partition coefficient (Wildman–Crippen LogP) is 1.40. The van der Waals surface area contributed by atoms with Gasteiger partial charge in [0, 0.05) is 0 Å². The highest BCUT2D eigenvalue weighted by Gasteiger charge is 2.45. The summed E-state index contributed by atoms with van der Waals surface area (Å²) in [5, 5.41) is 2.64. The fourth-order valence-corrected chi connectivity index (χ4v) is 2.12. The van der Waals surface area contributed by atoms with Crippen molar-refractivity contribution >= 4 is 11.8 Å². The minimum Gasteiger partial charge on any atom is -0.342 e. The van der Waals surface area contributed by atoms with Gasteiger partial charge in [-0.25, -0.2) is 8.78 Å². The maximum absolute atomic E-state index is 12.5. The lowest BCUT2D eigenvalue weighted by molar-refractivity contribution is -0.154. The Balaban J connectivity index is 3.01. The maximum Gasteiger partial charge on any atom is 0.255 e. The second kappa shape index (κ2) is 5.20. The molecule has 18 heavy (non-hydrogen) atoms. The molecule has 1 fully saturated rings. The van der Waals surface area contributed by atoms with E-state index in [0.717, 1.165) is 4.90 Å². The van der Waals surface area contributed by atoms with Crippen LogP contribution in [0.3, 0.4) is 0 Å². The van der Waals surface area contributed by atoms with Gasteiger partial charge in [-0.2, -0.15) is 0 Å². The number of carbonyl (C=O) groups is 2. The number of carbonyl (C=O) groups excluding carboxylic acids is 2. The summed E-state index contributed by atoms with van der Waals surface area (Å²) in [5.74, 6) is -0.771. The molecular weight excluding hydrogens is 242 g/mol. The molecule has 2 atom stereocenters. The second-order valence-electron chi connectivity index (χ2n) is 5.61. The molecule has 1 heterocycles. The number of nitrogens with one attached hydrogen (secondary N) is 1. The molecule has 0 radical (unpaired) electrons. The van der Waals surface area contributed by atoms with Crippen molar-refractivity contribution in [3.63, 3.8) is 0 Å². The standard InChI is InChI=1S/C12H20F2N2O2/c1-5-7-10(17)15-9(12(2,3)4)11(18)16(7)6-8(13)14/h7-9H,5-6H2,1-4H3,(H,15,17). The van der Waals surface area contributed by atoms with Crippen LogP contribution in [0, 0.1) is 5.41 Å². The molecule has 0 spiro atoms. The van der Waals surface area contributed by atoms with Gasteiger partial charge < -0.3 is 10.2 Å². The van der Waals surface area contributed by atoms with Crippen LogP contribution in [0.4, 0.5) is 8.78 Å². The van der Waals surface area contributed by atoms with Crippen LogP contribution >= 0.6 is 0 Å². The van der Waals surface area contributed by atoms with Gasteiger partial charge in [0.1, 0.15) is 12.1 Å². The molecule has 0 bridgehead atoms. The zero-order valence-corrected chi connectivity index (χ0v) is 11.2. The van der Waals surface area contributed by atoms with Gasteiger partial charge in [-0.1, -0.05) is 27.7 Å². The zero-order chi connectivity index (χ0) is 14.1. The molecule has 1 aliphatic rings. The summed E-state index contributed by atoms with van der Waals surface area (Å²) < 4.78 is 25.1. The van der Waals surface area contributed by atoms with E-state index in [1.807, 2.05) is 0 Å². The Morgan fingerprint density at radius 2 is 1.89 bits per heavy atom. The van der Waals surface area contributed by atoms with E-state index in [-0.39, 0.29) is 5.91 Å². The van der Waals surface area contributed by atoms with Gasteiger partial charge in [-0.3, -0.25) is 9.59 Å². The van der Waals surface area contributed by atoms with Gasteiger partial charge >= 0.3 is 0 Å². The molecule has 1 saturated heterocycles. The van der Waals surface area contributed by atoms with Gasteiger partial charge in [0.05, 0.1) is 6.54 Å². The number of nitrogens with zero attached hydrogens (tertiary/aromatic N) is 1. The average molecular weight is 262 g/mol. The Labute approximate surface area is 106 Å². The SMILES string of the molecule is CCC1C(=O)NC(C(C)(C)C)C(=O)N1CC(F)F. The van der Waals surface area contributed by atoms with Crippen LogP contribution < -0.4 is 5.32 Å². The van der Waals surface area contributed by atoms with E-state index in [1.165, 1.54) is 0 Å². The fraction of sp³-hybridized carbons (Fsp3) is 0.833. The van der Waals surface area contributed by atoms with Crippen LogP contribution in [0.1, 0.15) is 34.1 Å². The van der Waals surface area contributed by atoms with Crippen molar-refractivity contribution in [1.29, 1.82) is 0 Å². The molecule has 0 aromatic carbocycles. The topological polar surface area (TPSA) is 49.4 Å². The summed E-state index contributed by atoms with van der Waals surface area (Å²) in [7, 11) is 0. The third-order valence-corrected chi connectivity index (χ3v) is 3.08. The normalized spacial score (nSPS) is 25.6. The monoisotopic (exact) mass is 262 g/mol. The average Bonchev–Trinajstić information content (AvgIpc) is 2.21. The first kappa shape index (κ1) is 14.9. The third kappa shape index (κ3) is 2.97. The first-order valence-electron chi connectivity index (χ1n) is 6.07. The first-order chi connectivity index (χ1) is 8.18. The van der Waals surface area contributed by atoms with Gasteiger partial charge in [0.15, 0.2) is 0 Å². The third-order valence-electron chi connectivity index (χ3n) is 3.08. The molecule has 4 nitrogen and oxygen atoms in total. The quantitative estimate of drug-likeness (QED) is 0.836. The Hall–Kier alpha value is -1.20. The maximum atomic E-state index is 12.5. The molecule has 2 unspecified atom stereocenters. The molecule has 0 saturated carbocycles. The number of amides is 2. The molecule has 1 rings (SSSR count). The van der Waals surface area contributed by atoms with E-state index in [2.05, 4.69) is 5.32 Å². The van der Waals surface area contributed by atoms with Gasteiger partial charge in [0.25, 0.3) is 6.43 Å². The summed E-state index contributed by atoms with van der Waals surface area (Å²) in [6.45, 7) is 6.40. The highest BCUT2D eigenvalue weighted by Crippen LogP contribution is 2.26. The van der Waals surface area contributed by atoms with Crippen molar-refractivity contribution in [3.8, 4) is 0 Å². The Morgan fingerprint density at radius 3 is 2.28 bits per heavy atom. The first-order valence-corrected chi connectivity index (χ1v) is 6.07. The number of alkyl halides is 2. The van der Waals surface area contributed by atoms with E-state index in [1.54, 1.807) is 27.7 Å². The molecule has 1 N–H and O–H groups in total. The lowest BCUT2D eigenvalue weighted by Crippen LogP contribution is -2.67. The fourth-order valence-electron chi connectivity index (χ4n) is 2.12. The molecule has 104 valence electrons. The smallest absolute Gasteiger partial charge is 0.255 e. The van der Waals surface area contributed by atoms with Crippen molar-refractivity contribution < 1.29 is 18.4 Å². The molecule has 2 amide bonds. The number of rotatable bonds is 3. The van der Waals surface area contributed by atoms with Crippen LogP contribution in [-0.2, 0) is 9.59 Å². The molecular formula is C12H20F2N2O2. The summed E-state index contributed by atoms with van der Waals surface area (Å²) in [6, 6.07) is -1.53. The molecule has 0 aliphatic carbocycles. The van der Waals surface area contributed by atoms with Gasteiger partial charge in [-0.15, -0.1) is 0 Å². The summed E-state index contributed by atoms with van der Waals surface area (Å²) in [4.78, 5) is 25.1. The number of piperazine rings is 1. The second-order valence-corrected chi connectivity index (χ2v) is 5.61. The van der Waals surface area contributed by atoms with E-state index >= 15 is 0 Å². The lowest BCUT2D eigenvalue weighted by Gasteiger charge is -2.43. The van der Waals surface area contributed by atoms with Crippen LogP contribution in [0.25, 0.3) is 0 Å². The highest BCUT2D eigenvalue weighted by molar-refractivity contribution is 5.97. The highest BCUT2D eigenvalue weighted by atomic mass is 19.3. The zero-order valence-electron chi connectivity index (χ0n) is 11.2. The minimum atomic E-state index is -2.63. The molecule has 0 aromatic rings. The number of halogens is 2. The Bertz CT molecular complexity index is 339. The Kier molecular flexibility index (Phi) is 4.29. The van der Waals surface area contributed by atoms with Crippen molar-refractivity contribution in [1.82, 2.24) is 10.2 Å². The van der Waals surface area contributed by atoms with Crippen LogP contribution in [0.5, 0.6) is 0 Å². The van der Waals surface area contributed by atoms with Crippen LogP contribution in [0.15, 0.2) is 0 Å². The van der Waals surface area contributed by atoms with Crippen molar-refractivity contribution in [3.05, 3.63) is 0 Å². The Morgan fingerprint density at radius 1 is 1.33 bits per heavy atom. The summed E-state index contributed by atoms with van der Waals surface area (Å²) >= 11 is 0. The van der Waals surface area contributed by atoms with Gasteiger partial charge in [0.2, 0.25) is 11.8 Å². The molecule has 1 aliphatic heterocycles. The van der Waals surface area contributed by atoms with E-state index in [4.69, 9.17) is 0 Å². The largest absolute Gasteiger partial charge is 0.342 e. The van der Waals surface area contributed by atoms with Crippen LogP contribution in [0.2, 0.25) is 0 Å². The summed E-state index contributed by atoms with van der Waals surface area (Å²) in [5.41, 5.74) is -0.494. The van der Waals surface area contributed by atoms with E-state index in [0.29, 0.717) is 6.42 Å². The molecule has 0 aromatic heterocycles. The van der Waals surface area contributed by atoms with Crippen LogP contribution in [-0.4, -0.2) is 41.8 Å². The molecule has 6 heteroatoms. The number of hydrogen-bond donors (Lipinski definition) is 1. The van der Waals surface area contributed by atoms with Crippen molar-refractivity contribution in [2.75, 3.05) is 6.54 Å². The van der Waals surface area contributed by atoms with Crippen molar-refractivity contribution in [2.24, 2.45) is 5.41 Å².